The van der Waals surface area contributed by atoms with Crippen molar-refractivity contribution in [2.24, 2.45) is 0 Å². The molecule has 0 atom stereocenters. The third kappa shape index (κ3) is 5.66. The first-order chi connectivity index (χ1) is 13.1. The molecule has 0 unspecified atom stereocenters. The number of pyridine rings is 1. The Bertz CT molecular complexity index is 937. The van der Waals surface area contributed by atoms with E-state index in [9.17, 15) is 4.79 Å². The molecule has 0 fully saturated rings. The molecule has 5 nitrogen and oxygen atoms in total. The van der Waals surface area contributed by atoms with Crippen molar-refractivity contribution in [3.8, 4) is 0 Å². The Labute approximate surface area is 163 Å². The minimum atomic E-state index is -0.119. The molecule has 27 heavy (non-hydrogen) atoms. The smallest absolute Gasteiger partial charge is 0.255 e. The third-order valence-electron chi connectivity index (χ3n) is 4.43. The number of aromatic nitrogens is 3. The van der Waals surface area contributed by atoms with E-state index in [0.717, 1.165) is 37.1 Å². The lowest BCUT2D eigenvalue weighted by molar-refractivity contribution is 0.741. The van der Waals surface area contributed by atoms with Gasteiger partial charge in [-0.3, -0.25) is 14.8 Å². The molecule has 0 aliphatic rings. The van der Waals surface area contributed by atoms with E-state index in [4.69, 9.17) is 11.6 Å². The molecule has 0 amide bonds. The van der Waals surface area contributed by atoms with E-state index >= 15 is 0 Å². The predicted octanol–water partition coefficient (Wildman–Crippen LogP) is 4.15. The molecule has 0 bridgehead atoms. The van der Waals surface area contributed by atoms with Crippen LogP contribution >= 0.6 is 11.6 Å². The molecule has 0 saturated carbocycles. The van der Waals surface area contributed by atoms with Gasteiger partial charge < -0.3 is 5.32 Å². The molecule has 1 aromatic carbocycles. The number of nitrogens with zero attached hydrogens (tertiary/aromatic N) is 2. The first-order valence-electron chi connectivity index (χ1n) is 9.09. The second-order valence-electron chi connectivity index (χ2n) is 6.54. The fourth-order valence-corrected chi connectivity index (χ4v) is 2.99. The summed E-state index contributed by atoms with van der Waals surface area (Å²) >= 11 is 5.89. The number of aryl methyl sites for hydroxylation is 2. The lowest BCUT2D eigenvalue weighted by atomic mass is 10.1. The molecule has 0 radical (unpaired) electrons. The van der Waals surface area contributed by atoms with Crippen molar-refractivity contribution < 1.29 is 0 Å². The summed E-state index contributed by atoms with van der Waals surface area (Å²) in [5.41, 5.74) is 3.92. The molecule has 3 aromatic rings. The summed E-state index contributed by atoms with van der Waals surface area (Å²) in [4.78, 5) is 23.8. The molecule has 2 aromatic heterocycles. The van der Waals surface area contributed by atoms with Crippen LogP contribution in [-0.2, 0) is 12.8 Å². The second-order valence-corrected chi connectivity index (χ2v) is 6.98. The van der Waals surface area contributed by atoms with Crippen molar-refractivity contribution in [1.29, 1.82) is 0 Å². The third-order valence-corrected chi connectivity index (χ3v) is 4.68. The van der Waals surface area contributed by atoms with Gasteiger partial charge in [-0.2, -0.15) is 0 Å². The zero-order chi connectivity index (χ0) is 19.1. The van der Waals surface area contributed by atoms with Crippen LogP contribution in [-0.4, -0.2) is 21.5 Å². The van der Waals surface area contributed by atoms with Crippen molar-refractivity contribution in [3.05, 3.63) is 86.6 Å². The number of rotatable bonds is 8. The summed E-state index contributed by atoms with van der Waals surface area (Å²) in [7, 11) is 0. The second kappa shape index (κ2) is 9.33. The average Bonchev–Trinajstić information content (AvgIpc) is 2.67. The van der Waals surface area contributed by atoms with Gasteiger partial charge in [0.05, 0.1) is 0 Å². The normalized spacial score (nSPS) is 10.7. The number of anilines is 1. The number of hydrogen-bond acceptors (Lipinski definition) is 4. The van der Waals surface area contributed by atoms with E-state index in [1.807, 2.05) is 36.5 Å². The zero-order valence-corrected chi connectivity index (χ0v) is 16.1. The highest BCUT2D eigenvalue weighted by molar-refractivity contribution is 6.30. The SMILES string of the molecule is Cc1cccnc1CCCCNc1ncc(Cc2ccc(Cl)cc2)c(=O)[nH]1. The Kier molecular flexibility index (Phi) is 6.60. The standard InChI is InChI=1S/C21H23ClN4O/c1-15-5-4-12-23-19(15)6-2-3-11-24-21-25-14-17(20(27)26-21)13-16-7-9-18(22)10-8-16/h4-5,7-10,12,14H,2-3,6,11,13H2,1H3,(H2,24,25,26,27). The summed E-state index contributed by atoms with van der Waals surface area (Å²) in [6.45, 7) is 2.84. The summed E-state index contributed by atoms with van der Waals surface area (Å²) in [5, 5.41) is 3.86. The molecular weight excluding hydrogens is 360 g/mol. The zero-order valence-electron chi connectivity index (χ0n) is 15.3. The van der Waals surface area contributed by atoms with E-state index < -0.39 is 0 Å². The van der Waals surface area contributed by atoms with E-state index in [1.54, 1.807) is 6.20 Å². The van der Waals surface area contributed by atoms with Crippen molar-refractivity contribution in [2.75, 3.05) is 11.9 Å². The number of halogens is 1. The Morgan fingerprint density at radius 2 is 1.93 bits per heavy atom. The van der Waals surface area contributed by atoms with Gasteiger partial charge in [0, 0.05) is 41.6 Å². The Balaban J connectivity index is 1.47. The summed E-state index contributed by atoms with van der Waals surface area (Å²) in [6.07, 6.45) is 6.96. The molecule has 2 heterocycles. The van der Waals surface area contributed by atoms with Gasteiger partial charge in [0.25, 0.3) is 5.56 Å². The molecule has 3 rings (SSSR count). The van der Waals surface area contributed by atoms with Crippen LogP contribution in [0.15, 0.2) is 53.6 Å². The van der Waals surface area contributed by atoms with Crippen LogP contribution in [0.2, 0.25) is 5.02 Å². The molecule has 0 spiro atoms. The number of hydrogen-bond donors (Lipinski definition) is 2. The van der Waals surface area contributed by atoms with Gasteiger partial charge in [-0.25, -0.2) is 4.98 Å². The maximum atomic E-state index is 12.3. The summed E-state index contributed by atoms with van der Waals surface area (Å²) < 4.78 is 0. The Morgan fingerprint density at radius 1 is 1.11 bits per heavy atom. The number of nitrogens with one attached hydrogen (secondary N) is 2. The fraction of sp³-hybridized carbons (Fsp3) is 0.286. The predicted molar refractivity (Wildman–Crippen MR) is 110 cm³/mol. The van der Waals surface area contributed by atoms with Crippen LogP contribution in [0.3, 0.4) is 0 Å². The summed E-state index contributed by atoms with van der Waals surface area (Å²) in [6, 6.07) is 11.5. The summed E-state index contributed by atoms with van der Waals surface area (Å²) in [5.74, 6) is 0.508. The molecule has 0 aliphatic carbocycles. The first-order valence-corrected chi connectivity index (χ1v) is 9.46. The van der Waals surface area contributed by atoms with Crippen LogP contribution < -0.4 is 10.9 Å². The van der Waals surface area contributed by atoms with Crippen LogP contribution in [0.25, 0.3) is 0 Å². The van der Waals surface area contributed by atoms with Gasteiger partial charge in [-0.15, -0.1) is 0 Å². The van der Waals surface area contributed by atoms with Crippen molar-refractivity contribution in [1.82, 2.24) is 15.0 Å². The number of aromatic amines is 1. The van der Waals surface area contributed by atoms with Crippen molar-refractivity contribution in [2.45, 2.75) is 32.6 Å². The molecule has 6 heteroatoms. The minimum Gasteiger partial charge on any atom is -0.356 e. The maximum absolute atomic E-state index is 12.3. The lowest BCUT2D eigenvalue weighted by Crippen LogP contribution is -2.17. The maximum Gasteiger partial charge on any atom is 0.255 e. The molecule has 2 N–H and O–H groups in total. The first kappa shape index (κ1) is 19.1. The highest BCUT2D eigenvalue weighted by Crippen LogP contribution is 2.12. The fourth-order valence-electron chi connectivity index (χ4n) is 2.86. The van der Waals surface area contributed by atoms with E-state index in [1.165, 1.54) is 5.56 Å². The highest BCUT2D eigenvalue weighted by Gasteiger charge is 2.05. The Morgan fingerprint density at radius 3 is 2.67 bits per heavy atom. The van der Waals surface area contributed by atoms with Gasteiger partial charge >= 0.3 is 0 Å². The van der Waals surface area contributed by atoms with Gasteiger partial charge in [-0.1, -0.05) is 29.8 Å². The monoisotopic (exact) mass is 382 g/mol. The molecule has 0 saturated heterocycles. The quantitative estimate of drug-likeness (QED) is 0.574. The largest absolute Gasteiger partial charge is 0.356 e. The van der Waals surface area contributed by atoms with E-state index in [2.05, 4.69) is 33.3 Å². The topological polar surface area (TPSA) is 70.7 Å². The van der Waals surface area contributed by atoms with Gasteiger partial charge in [0.15, 0.2) is 0 Å². The average molecular weight is 383 g/mol. The van der Waals surface area contributed by atoms with Crippen molar-refractivity contribution >= 4 is 17.5 Å². The van der Waals surface area contributed by atoms with Crippen LogP contribution in [0.5, 0.6) is 0 Å². The highest BCUT2D eigenvalue weighted by atomic mass is 35.5. The molecular formula is C21H23ClN4O. The lowest BCUT2D eigenvalue weighted by Gasteiger charge is -2.07. The van der Waals surface area contributed by atoms with Crippen LogP contribution in [0.1, 0.15) is 35.2 Å². The van der Waals surface area contributed by atoms with Crippen molar-refractivity contribution in [3.63, 3.8) is 0 Å². The number of unbranched alkanes of at least 4 members (excludes halogenated alkanes) is 1. The van der Waals surface area contributed by atoms with Crippen LogP contribution in [0, 0.1) is 6.92 Å². The molecule has 0 aliphatic heterocycles. The number of benzene rings is 1. The van der Waals surface area contributed by atoms with Gasteiger partial charge in [0.1, 0.15) is 0 Å². The van der Waals surface area contributed by atoms with E-state index in [-0.39, 0.29) is 5.56 Å². The van der Waals surface area contributed by atoms with Gasteiger partial charge in [0.2, 0.25) is 5.95 Å². The minimum absolute atomic E-state index is 0.119. The van der Waals surface area contributed by atoms with E-state index in [0.29, 0.717) is 23.0 Å². The Hall–Kier alpha value is -2.66. The van der Waals surface area contributed by atoms with Crippen LogP contribution in [0.4, 0.5) is 5.95 Å². The number of H-pyrrole nitrogens is 1. The molecule has 140 valence electrons. The van der Waals surface area contributed by atoms with Gasteiger partial charge in [-0.05, 0) is 55.5 Å².